The van der Waals surface area contributed by atoms with Crippen molar-refractivity contribution in [3.63, 3.8) is 0 Å². The third-order valence-corrected chi connectivity index (χ3v) is 4.69. The second-order valence-electron chi connectivity index (χ2n) is 5.96. The van der Waals surface area contributed by atoms with Crippen LogP contribution in [0.1, 0.15) is 42.3 Å². The van der Waals surface area contributed by atoms with E-state index in [1.807, 2.05) is 0 Å². The highest BCUT2D eigenvalue weighted by molar-refractivity contribution is 6.39. The lowest BCUT2D eigenvalue weighted by Crippen LogP contribution is -3.11. The van der Waals surface area contributed by atoms with Gasteiger partial charge in [0.05, 0.1) is 32.3 Å². The largest absolute Gasteiger partial charge is 0.872 e. The molecule has 1 aliphatic carbocycles. The SMILES string of the molecule is CC[NH+](CC)CC.COc1c(C2=C([O-])c3ccccc3C2=O)c(=O)c1=O. The van der Waals surface area contributed by atoms with Crippen LogP contribution in [0.15, 0.2) is 33.9 Å². The fourth-order valence-corrected chi connectivity index (χ4v) is 3.02. The molecule has 0 bridgehead atoms. The summed E-state index contributed by atoms with van der Waals surface area (Å²) in [5, 5.41) is 12.1. The Hall–Kier alpha value is -2.73. The fourth-order valence-electron chi connectivity index (χ4n) is 3.02. The molecule has 0 radical (unpaired) electrons. The van der Waals surface area contributed by atoms with Crippen LogP contribution in [0.2, 0.25) is 0 Å². The third kappa shape index (κ3) is 3.20. The number of ether oxygens (including phenoxy) is 1. The van der Waals surface area contributed by atoms with E-state index in [9.17, 15) is 19.5 Å². The molecule has 6 heteroatoms. The zero-order chi connectivity index (χ0) is 19.4. The number of hydrogen-bond donors (Lipinski definition) is 1. The zero-order valence-electron chi connectivity index (χ0n) is 15.5. The van der Waals surface area contributed by atoms with Gasteiger partial charge in [-0.3, -0.25) is 14.4 Å². The summed E-state index contributed by atoms with van der Waals surface area (Å²) in [4.78, 5) is 36.6. The van der Waals surface area contributed by atoms with E-state index in [1.165, 1.54) is 38.9 Å². The molecule has 0 heterocycles. The number of fused-ring (bicyclic) bond motifs is 1. The van der Waals surface area contributed by atoms with E-state index in [2.05, 4.69) is 20.8 Å². The van der Waals surface area contributed by atoms with Gasteiger partial charge in [0, 0.05) is 11.1 Å². The van der Waals surface area contributed by atoms with Crippen LogP contribution >= 0.6 is 0 Å². The molecule has 1 N–H and O–H groups in total. The van der Waals surface area contributed by atoms with Crippen LogP contribution in [0.25, 0.3) is 11.3 Å². The number of allylic oxidation sites excluding steroid dienone is 1. The van der Waals surface area contributed by atoms with Gasteiger partial charge < -0.3 is 14.7 Å². The number of hydrogen-bond acceptors (Lipinski definition) is 5. The van der Waals surface area contributed by atoms with Crippen molar-refractivity contribution in [2.75, 3.05) is 26.7 Å². The van der Waals surface area contributed by atoms with E-state index in [1.54, 1.807) is 17.0 Å². The summed E-state index contributed by atoms with van der Waals surface area (Å²) in [5.74, 6) is -1.29. The van der Waals surface area contributed by atoms with E-state index in [4.69, 9.17) is 4.74 Å². The summed E-state index contributed by atoms with van der Waals surface area (Å²) in [6.45, 7) is 10.5. The molecule has 0 atom stereocenters. The minimum Gasteiger partial charge on any atom is -0.872 e. The highest BCUT2D eigenvalue weighted by atomic mass is 16.5. The number of Topliss-reactive ketones (excluding diaryl/α,β-unsaturated/α-hetero) is 1. The van der Waals surface area contributed by atoms with Gasteiger partial charge in [0.25, 0.3) is 5.43 Å². The van der Waals surface area contributed by atoms with Crippen LogP contribution in [0, 0.1) is 0 Å². The molecule has 138 valence electrons. The van der Waals surface area contributed by atoms with Gasteiger partial charge in [0.15, 0.2) is 11.5 Å². The van der Waals surface area contributed by atoms with Crippen molar-refractivity contribution in [1.29, 1.82) is 0 Å². The Morgan fingerprint density at radius 3 is 1.88 bits per heavy atom. The molecular weight excluding hydrogens is 334 g/mol. The summed E-state index contributed by atoms with van der Waals surface area (Å²) in [6.07, 6.45) is 0. The maximum atomic E-state index is 12.1. The van der Waals surface area contributed by atoms with Gasteiger partial charge in [0.1, 0.15) is 0 Å². The Morgan fingerprint density at radius 2 is 1.46 bits per heavy atom. The molecule has 0 unspecified atom stereocenters. The highest BCUT2D eigenvalue weighted by Crippen LogP contribution is 2.36. The molecule has 3 rings (SSSR count). The molecule has 2 aromatic rings. The van der Waals surface area contributed by atoms with E-state index < -0.39 is 22.4 Å². The number of ketones is 1. The lowest BCUT2D eigenvalue weighted by molar-refractivity contribution is -0.894. The Kier molecular flexibility index (Phi) is 6.10. The van der Waals surface area contributed by atoms with E-state index in [-0.39, 0.29) is 28.0 Å². The molecule has 0 amide bonds. The van der Waals surface area contributed by atoms with Crippen molar-refractivity contribution in [3.8, 4) is 5.75 Å². The van der Waals surface area contributed by atoms with Crippen molar-refractivity contribution in [2.24, 2.45) is 0 Å². The first kappa shape index (κ1) is 19.6. The Morgan fingerprint density at radius 1 is 0.923 bits per heavy atom. The van der Waals surface area contributed by atoms with E-state index in [0.717, 1.165) is 0 Å². The molecular formula is C20H23NO5. The predicted octanol–water partition coefficient (Wildman–Crippen LogP) is -0.353. The molecule has 0 saturated carbocycles. The lowest BCUT2D eigenvalue weighted by Gasteiger charge is -2.14. The molecule has 0 spiro atoms. The normalized spacial score (nSPS) is 13.0. The summed E-state index contributed by atoms with van der Waals surface area (Å²) in [7, 11) is 1.22. The number of carbonyl (C=O) groups is 1. The van der Waals surface area contributed by atoms with Gasteiger partial charge >= 0.3 is 0 Å². The molecule has 2 aromatic carbocycles. The molecule has 26 heavy (non-hydrogen) atoms. The first-order valence-electron chi connectivity index (χ1n) is 8.69. The van der Waals surface area contributed by atoms with Crippen LogP contribution in [0.3, 0.4) is 0 Å². The van der Waals surface area contributed by atoms with Crippen molar-refractivity contribution in [3.05, 3.63) is 61.4 Å². The van der Waals surface area contributed by atoms with Gasteiger partial charge in [-0.25, -0.2) is 0 Å². The monoisotopic (exact) mass is 357 g/mol. The summed E-state index contributed by atoms with van der Waals surface area (Å²) in [6, 6.07) is 6.29. The highest BCUT2D eigenvalue weighted by Gasteiger charge is 2.34. The molecule has 0 fully saturated rings. The van der Waals surface area contributed by atoms with Gasteiger partial charge in [-0.1, -0.05) is 30.0 Å². The quantitative estimate of drug-likeness (QED) is 0.739. The Labute approximate surface area is 152 Å². The van der Waals surface area contributed by atoms with Crippen molar-refractivity contribution < 1.29 is 19.5 Å². The van der Waals surface area contributed by atoms with E-state index >= 15 is 0 Å². The average molecular weight is 357 g/mol. The number of nitrogens with one attached hydrogen (secondary N) is 1. The lowest BCUT2D eigenvalue weighted by atomic mass is 9.97. The number of carbonyl (C=O) groups excluding carboxylic acids is 1. The molecule has 0 aromatic heterocycles. The molecule has 0 saturated heterocycles. The summed E-state index contributed by atoms with van der Waals surface area (Å²) in [5.41, 5.74) is -1.61. The number of rotatable bonds is 5. The smallest absolute Gasteiger partial charge is 0.268 e. The second-order valence-corrected chi connectivity index (χ2v) is 5.96. The van der Waals surface area contributed by atoms with E-state index in [0.29, 0.717) is 0 Å². The Balaban J connectivity index is 0.000000298. The van der Waals surface area contributed by atoms with Crippen molar-refractivity contribution in [2.45, 2.75) is 20.8 Å². The minimum absolute atomic E-state index is 0.196. The minimum atomic E-state index is -0.846. The Bertz CT molecular complexity index is 909. The van der Waals surface area contributed by atoms with Gasteiger partial charge in [-0.15, -0.1) is 0 Å². The predicted molar refractivity (Wildman–Crippen MR) is 98.1 cm³/mol. The van der Waals surface area contributed by atoms with Crippen LogP contribution in [0.5, 0.6) is 5.75 Å². The maximum Gasteiger partial charge on any atom is 0.268 e. The number of benzene rings is 1. The second kappa shape index (κ2) is 8.10. The van der Waals surface area contributed by atoms with Gasteiger partial charge in [-0.2, -0.15) is 0 Å². The first-order valence-corrected chi connectivity index (χ1v) is 8.69. The molecule has 6 nitrogen and oxygen atoms in total. The van der Waals surface area contributed by atoms with Crippen molar-refractivity contribution in [1.82, 2.24) is 0 Å². The number of methoxy groups -OCH3 is 1. The standard InChI is InChI=1S/C14H8O5.C6H15N/c1-19-14-9(12(17)13(14)18)8-10(15)6-4-2-3-5-7(6)11(8)16;1-4-7(5-2)6-3/h2-5,15H,1H3;4-6H2,1-3H3. The fraction of sp³-hybridized carbons (Fsp3) is 0.350. The summed E-state index contributed by atoms with van der Waals surface area (Å²) >= 11 is 0. The summed E-state index contributed by atoms with van der Waals surface area (Å²) < 4.78 is 4.77. The van der Waals surface area contributed by atoms with Crippen LogP contribution in [0.4, 0.5) is 0 Å². The van der Waals surface area contributed by atoms with Crippen LogP contribution < -0.4 is 25.6 Å². The van der Waals surface area contributed by atoms with Gasteiger partial charge in [-0.05, 0) is 26.3 Å². The van der Waals surface area contributed by atoms with Crippen molar-refractivity contribution >= 4 is 17.1 Å². The van der Waals surface area contributed by atoms with Crippen LogP contribution in [-0.2, 0) is 0 Å². The number of quaternary nitrogens is 1. The molecule has 0 aliphatic heterocycles. The first-order chi connectivity index (χ1) is 12.4. The zero-order valence-corrected chi connectivity index (χ0v) is 15.5. The average Bonchev–Trinajstić information content (AvgIpc) is 2.92. The van der Waals surface area contributed by atoms with Gasteiger partial charge in [0.2, 0.25) is 5.43 Å². The van der Waals surface area contributed by atoms with Crippen LogP contribution in [-0.4, -0.2) is 32.5 Å². The maximum absolute atomic E-state index is 12.1. The molecule has 1 aliphatic rings. The topological polar surface area (TPSA) is 87.9 Å². The third-order valence-electron chi connectivity index (χ3n) is 4.69.